The van der Waals surface area contributed by atoms with Crippen LogP contribution in [0.25, 0.3) is 0 Å². The monoisotopic (exact) mass is 565 g/mol. The van der Waals surface area contributed by atoms with Gasteiger partial charge in [-0.2, -0.15) is 0 Å². The molecule has 0 radical (unpaired) electrons. The first-order valence-electron chi connectivity index (χ1n) is 18.7. The molecule has 2 heteroatoms. The largest absolute Gasteiger partial charge is 0.466 e. The maximum Gasteiger partial charge on any atom is 0.305 e. The molecule has 0 aromatic rings. The molecule has 0 saturated carbocycles. The lowest BCUT2D eigenvalue weighted by Crippen LogP contribution is -2.05. The van der Waals surface area contributed by atoms with E-state index in [0.717, 1.165) is 24.7 Å². The maximum atomic E-state index is 11.9. The average molecular weight is 565 g/mol. The second-order valence-corrected chi connectivity index (χ2v) is 13.9. The third-order valence-corrected chi connectivity index (χ3v) is 8.60. The van der Waals surface area contributed by atoms with Gasteiger partial charge in [-0.3, -0.25) is 4.79 Å². The summed E-state index contributed by atoms with van der Waals surface area (Å²) < 4.78 is 5.45. The molecular weight excluding hydrogens is 488 g/mol. The number of unbranched alkanes of at least 4 members (excludes halogenated alkanes) is 25. The van der Waals surface area contributed by atoms with Crippen LogP contribution in [-0.2, 0) is 9.53 Å². The molecule has 0 spiro atoms. The molecule has 0 atom stereocenters. The Balaban J connectivity index is 3.16. The van der Waals surface area contributed by atoms with Gasteiger partial charge in [-0.25, -0.2) is 0 Å². The van der Waals surface area contributed by atoms with Gasteiger partial charge < -0.3 is 4.74 Å². The van der Waals surface area contributed by atoms with Crippen LogP contribution in [-0.4, -0.2) is 12.6 Å². The molecule has 240 valence electrons. The molecular formula is C38H76O2. The first kappa shape index (κ1) is 39.5. The van der Waals surface area contributed by atoms with Gasteiger partial charge in [-0.15, -0.1) is 0 Å². The summed E-state index contributed by atoms with van der Waals surface area (Å²) in [5.41, 5.74) is 0. The van der Waals surface area contributed by atoms with E-state index in [1.54, 1.807) is 0 Å². The predicted molar refractivity (Wildman–Crippen MR) is 179 cm³/mol. The number of esters is 1. The van der Waals surface area contributed by atoms with Gasteiger partial charge in [0, 0.05) is 6.42 Å². The fraction of sp³-hybridized carbons (Fsp3) is 0.974. The van der Waals surface area contributed by atoms with Crippen molar-refractivity contribution in [1.82, 2.24) is 0 Å². The van der Waals surface area contributed by atoms with Gasteiger partial charge in [0.1, 0.15) is 0 Å². The Morgan fingerprint density at radius 1 is 0.375 bits per heavy atom. The molecule has 0 aliphatic heterocycles. The SMILES string of the molecule is CC(C)CCCCCCCCCCCCCCCCC(=O)OCCCCCCCCCCCCCCCC(C)C. The molecule has 0 saturated heterocycles. The van der Waals surface area contributed by atoms with Crippen LogP contribution in [0.15, 0.2) is 0 Å². The lowest BCUT2D eigenvalue weighted by Gasteiger charge is -2.06. The highest BCUT2D eigenvalue weighted by Gasteiger charge is 2.03. The number of carbonyl (C=O) groups is 1. The fourth-order valence-corrected chi connectivity index (χ4v) is 5.80. The van der Waals surface area contributed by atoms with Crippen LogP contribution in [0, 0.1) is 11.8 Å². The van der Waals surface area contributed by atoms with Crippen molar-refractivity contribution in [2.24, 2.45) is 11.8 Å². The van der Waals surface area contributed by atoms with Crippen molar-refractivity contribution >= 4 is 5.97 Å². The first-order chi connectivity index (χ1) is 19.5. The van der Waals surface area contributed by atoms with Crippen LogP contribution in [0.3, 0.4) is 0 Å². The summed E-state index contributed by atoms with van der Waals surface area (Å²) in [6, 6.07) is 0. The molecule has 0 aromatic heterocycles. The smallest absolute Gasteiger partial charge is 0.305 e. The van der Waals surface area contributed by atoms with Crippen molar-refractivity contribution in [3.05, 3.63) is 0 Å². The first-order valence-corrected chi connectivity index (χ1v) is 18.7. The Hall–Kier alpha value is -0.530. The topological polar surface area (TPSA) is 26.3 Å². The van der Waals surface area contributed by atoms with E-state index >= 15 is 0 Å². The summed E-state index contributed by atoms with van der Waals surface area (Å²) in [5, 5.41) is 0. The van der Waals surface area contributed by atoms with Crippen molar-refractivity contribution in [3.63, 3.8) is 0 Å². The second kappa shape index (κ2) is 33.0. The Bertz CT molecular complexity index is 442. The molecule has 40 heavy (non-hydrogen) atoms. The van der Waals surface area contributed by atoms with Crippen LogP contribution in [0.5, 0.6) is 0 Å². The van der Waals surface area contributed by atoms with E-state index in [1.165, 1.54) is 173 Å². The van der Waals surface area contributed by atoms with Crippen LogP contribution in [0.4, 0.5) is 0 Å². The van der Waals surface area contributed by atoms with Crippen LogP contribution in [0.1, 0.15) is 220 Å². The molecule has 2 nitrogen and oxygen atoms in total. The van der Waals surface area contributed by atoms with E-state index in [4.69, 9.17) is 4.74 Å². The molecule has 0 N–H and O–H groups in total. The third kappa shape index (κ3) is 35.5. The zero-order valence-electron chi connectivity index (χ0n) is 28.4. The van der Waals surface area contributed by atoms with Crippen molar-refractivity contribution in [2.45, 2.75) is 220 Å². The molecule has 0 heterocycles. The molecule has 0 aliphatic rings. The summed E-state index contributed by atoms with van der Waals surface area (Å²) in [7, 11) is 0. The highest BCUT2D eigenvalue weighted by molar-refractivity contribution is 5.69. The summed E-state index contributed by atoms with van der Waals surface area (Å²) >= 11 is 0. The van der Waals surface area contributed by atoms with E-state index in [9.17, 15) is 4.79 Å². The molecule has 0 unspecified atom stereocenters. The van der Waals surface area contributed by atoms with Crippen LogP contribution < -0.4 is 0 Å². The summed E-state index contributed by atoms with van der Waals surface area (Å²) in [4.78, 5) is 11.9. The van der Waals surface area contributed by atoms with E-state index < -0.39 is 0 Å². The zero-order chi connectivity index (χ0) is 29.4. The summed E-state index contributed by atoms with van der Waals surface area (Å²) in [6.45, 7) is 9.96. The van der Waals surface area contributed by atoms with Gasteiger partial charge in [0.25, 0.3) is 0 Å². The van der Waals surface area contributed by atoms with E-state index in [2.05, 4.69) is 27.7 Å². The van der Waals surface area contributed by atoms with Crippen molar-refractivity contribution in [2.75, 3.05) is 6.61 Å². The van der Waals surface area contributed by atoms with Gasteiger partial charge in [0.2, 0.25) is 0 Å². The average Bonchev–Trinajstić information content (AvgIpc) is 2.92. The van der Waals surface area contributed by atoms with Gasteiger partial charge >= 0.3 is 5.97 Å². The minimum absolute atomic E-state index is 0.0276. The molecule has 0 amide bonds. The molecule has 0 rings (SSSR count). The minimum Gasteiger partial charge on any atom is -0.466 e. The summed E-state index contributed by atoms with van der Waals surface area (Å²) in [5.74, 6) is 1.78. The minimum atomic E-state index is 0.0276. The molecule has 0 aromatic carbocycles. The maximum absolute atomic E-state index is 11.9. The highest BCUT2D eigenvalue weighted by atomic mass is 16.5. The molecule has 0 aliphatic carbocycles. The Kier molecular flexibility index (Phi) is 32.5. The number of hydrogen-bond acceptors (Lipinski definition) is 2. The standard InChI is InChI=1S/C38H76O2/c1-36(2)32-28-24-20-16-12-8-5-6-10-14-18-22-26-30-34-38(39)40-35-31-27-23-19-15-11-7-9-13-17-21-25-29-33-37(3)4/h36-37H,5-35H2,1-4H3. The fourth-order valence-electron chi connectivity index (χ4n) is 5.80. The number of ether oxygens (including phenoxy) is 1. The van der Waals surface area contributed by atoms with E-state index in [-0.39, 0.29) is 5.97 Å². The lowest BCUT2D eigenvalue weighted by molar-refractivity contribution is -0.143. The predicted octanol–water partition coefficient (Wildman–Crippen LogP) is 13.5. The normalized spacial score (nSPS) is 11.7. The summed E-state index contributed by atoms with van der Waals surface area (Å²) in [6.07, 6.45) is 40.2. The Labute approximate surface area is 254 Å². The number of rotatable bonds is 33. The number of hydrogen-bond donors (Lipinski definition) is 0. The lowest BCUT2D eigenvalue weighted by atomic mass is 10.0. The van der Waals surface area contributed by atoms with Gasteiger partial charge in [-0.1, -0.05) is 201 Å². The quantitative estimate of drug-likeness (QED) is 0.0585. The zero-order valence-corrected chi connectivity index (χ0v) is 28.4. The van der Waals surface area contributed by atoms with Gasteiger partial charge in [-0.05, 0) is 24.7 Å². The third-order valence-electron chi connectivity index (χ3n) is 8.60. The van der Waals surface area contributed by atoms with E-state index in [0.29, 0.717) is 13.0 Å². The Morgan fingerprint density at radius 2 is 0.625 bits per heavy atom. The Morgan fingerprint density at radius 3 is 0.925 bits per heavy atom. The van der Waals surface area contributed by atoms with E-state index in [1.807, 2.05) is 0 Å². The second-order valence-electron chi connectivity index (χ2n) is 13.9. The number of carbonyl (C=O) groups excluding carboxylic acids is 1. The van der Waals surface area contributed by atoms with Crippen molar-refractivity contribution in [1.29, 1.82) is 0 Å². The van der Waals surface area contributed by atoms with Gasteiger partial charge in [0.05, 0.1) is 6.61 Å². The van der Waals surface area contributed by atoms with Crippen LogP contribution in [0.2, 0.25) is 0 Å². The van der Waals surface area contributed by atoms with Crippen molar-refractivity contribution < 1.29 is 9.53 Å². The van der Waals surface area contributed by atoms with Crippen molar-refractivity contribution in [3.8, 4) is 0 Å². The highest BCUT2D eigenvalue weighted by Crippen LogP contribution is 2.16. The molecule has 0 bridgehead atoms. The van der Waals surface area contributed by atoms with Gasteiger partial charge in [0.15, 0.2) is 0 Å². The molecule has 0 fully saturated rings. The van der Waals surface area contributed by atoms with Crippen LogP contribution >= 0.6 is 0 Å².